The normalized spacial score (nSPS) is 16.0. The highest BCUT2D eigenvalue weighted by Crippen LogP contribution is 2.15. The Morgan fingerprint density at radius 3 is 2.39 bits per heavy atom. The zero-order chi connectivity index (χ0) is 16.5. The van der Waals surface area contributed by atoms with E-state index in [1.807, 2.05) is 7.05 Å². The van der Waals surface area contributed by atoms with E-state index < -0.39 is 0 Å². The first-order chi connectivity index (χ1) is 10.4. The Balaban J connectivity index is 0.00000484. The zero-order valence-corrected chi connectivity index (χ0v) is 17.5. The first-order valence-electron chi connectivity index (χ1n) is 8.17. The summed E-state index contributed by atoms with van der Waals surface area (Å²) in [6.45, 7) is 8.01. The number of nitrogens with zero attached hydrogens (tertiary/aromatic N) is 3. The molecule has 0 radical (unpaired) electrons. The number of carbonyl (C=O) groups excluding carboxylic acids is 1. The SMILES string of the molecule is CC(C)CNC(=NCC(=O)N(C)C)N(C)CC1CCOCC1.I. The summed E-state index contributed by atoms with van der Waals surface area (Å²) < 4.78 is 5.41. The third-order valence-corrected chi connectivity index (χ3v) is 3.77. The second-order valence-corrected chi connectivity index (χ2v) is 6.64. The molecule has 1 fully saturated rings. The second-order valence-electron chi connectivity index (χ2n) is 6.64. The van der Waals surface area contributed by atoms with Crippen LogP contribution in [0.4, 0.5) is 0 Å². The number of amides is 1. The minimum Gasteiger partial charge on any atom is -0.381 e. The maximum Gasteiger partial charge on any atom is 0.243 e. The van der Waals surface area contributed by atoms with Crippen LogP contribution in [0.2, 0.25) is 0 Å². The highest BCUT2D eigenvalue weighted by molar-refractivity contribution is 14.0. The molecule has 0 spiro atoms. The van der Waals surface area contributed by atoms with Gasteiger partial charge in [0.1, 0.15) is 6.54 Å². The highest BCUT2D eigenvalue weighted by Gasteiger charge is 2.18. The number of guanidine groups is 1. The first-order valence-corrected chi connectivity index (χ1v) is 8.17. The van der Waals surface area contributed by atoms with Gasteiger partial charge in [0.25, 0.3) is 0 Å². The van der Waals surface area contributed by atoms with Gasteiger partial charge < -0.3 is 19.9 Å². The van der Waals surface area contributed by atoms with Crippen LogP contribution in [-0.2, 0) is 9.53 Å². The zero-order valence-electron chi connectivity index (χ0n) is 15.2. The van der Waals surface area contributed by atoms with Gasteiger partial charge in [-0.2, -0.15) is 0 Å². The molecule has 0 aromatic heterocycles. The number of halogens is 1. The van der Waals surface area contributed by atoms with E-state index in [2.05, 4.69) is 29.1 Å². The highest BCUT2D eigenvalue weighted by atomic mass is 127. The fourth-order valence-corrected chi connectivity index (χ4v) is 2.29. The number of nitrogens with one attached hydrogen (secondary N) is 1. The maximum absolute atomic E-state index is 11.8. The molecule has 0 aromatic carbocycles. The molecular weight excluding hydrogens is 407 g/mol. The molecule has 1 saturated heterocycles. The Morgan fingerprint density at radius 1 is 1.26 bits per heavy atom. The van der Waals surface area contributed by atoms with Crippen LogP contribution in [0.1, 0.15) is 26.7 Å². The van der Waals surface area contributed by atoms with Crippen LogP contribution in [0.3, 0.4) is 0 Å². The Hall–Kier alpha value is -0.570. The summed E-state index contributed by atoms with van der Waals surface area (Å²) in [6, 6.07) is 0. The molecule has 1 rings (SSSR count). The van der Waals surface area contributed by atoms with Crippen LogP contribution >= 0.6 is 24.0 Å². The molecule has 136 valence electrons. The molecule has 1 heterocycles. The van der Waals surface area contributed by atoms with E-state index in [1.165, 1.54) is 0 Å². The number of ether oxygens (including phenoxy) is 1. The summed E-state index contributed by atoms with van der Waals surface area (Å²) in [5.41, 5.74) is 0. The molecule has 1 aliphatic rings. The van der Waals surface area contributed by atoms with Gasteiger partial charge in [-0.1, -0.05) is 13.8 Å². The van der Waals surface area contributed by atoms with Gasteiger partial charge in [-0.05, 0) is 24.7 Å². The summed E-state index contributed by atoms with van der Waals surface area (Å²) in [4.78, 5) is 20.0. The third-order valence-electron chi connectivity index (χ3n) is 3.77. The number of likely N-dealkylation sites (N-methyl/N-ethyl adjacent to an activating group) is 1. The molecule has 0 bridgehead atoms. The van der Waals surface area contributed by atoms with Crippen LogP contribution in [0.25, 0.3) is 0 Å². The number of hydrogen-bond donors (Lipinski definition) is 1. The van der Waals surface area contributed by atoms with Crippen molar-refractivity contribution in [3.8, 4) is 0 Å². The Bertz CT molecular complexity index is 369. The van der Waals surface area contributed by atoms with E-state index in [1.54, 1.807) is 19.0 Å². The minimum absolute atomic E-state index is 0. The van der Waals surface area contributed by atoms with Gasteiger partial charge in [0.15, 0.2) is 5.96 Å². The number of rotatable bonds is 6. The van der Waals surface area contributed by atoms with Crippen molar-refractivity contribution in [3.05, 3.63) is 0 Å². The van der Waals surface area contributed by atoms with Crippen molar-refractivity contribution in [2.75, 3.05) is 54.0 Å². The Kier molecular flexibility index (Phi) is 11.6. The lowest BCUT2D eigenvalue weighted by Crippen LogP contribution is -2.44. The van der Waals surface area contributed by atoms with Crippen molar-refractivity contribution in [1.82, 2.24) is 15.1 Å². The standard InChI is InChI=1S/C16H32N4O2.HI/c1-13(2)10-17-16(18-11-15(21)19(3)4)20(5)12-14-6-8-22-9-7-14;/h13-14H,6-12H2,1-5H3,(H,17,18);1H. The summed E-state index contributed by atoms with van der Waals surface area (Å²) in [6.07, 6.45) is 2.19. The molecule has 0 unspecified atom stereocenters. The summed E-state index contributed by atoms with van der Waals surface area (Å²) in [5.74, 6) is 2.00. The van der Waals surface area contributed by atoms with E-state index >= 15 is 0 Å². The molecule has 0 atom stereocenters. The van der Waals surface area contributed by atoms with Gasteiger partial charge in [0.2, 0.25) is 5.91 Å². The van der Waals surface area contributed by atoms with E-state index in [4.69, 9.17) is 4.74 Å². The molecule has 1 N–H and O–H groups in total. The van der Waals surface area contributed by atoms with Crippen molar-refractivity contribution in [2.24, 2.45) is 16.8 Å². The van der Waals surface area contributed by atoms with Gasteiger partial charge in [-0.3, -0.25) is 4.79 Å². The van der Waals surface area contributed by atoms with Crippen LogP contribution in [-0.4, -0.2) is 75.7 Å². The fraction of sp³-hybridized carbons (Fsp3) is 0.875. The Labute approximate surface area is 158 Å². The second kappa shape index (κ2) is 11.9. The van der Waals surface area contributed by atoms with Crippen LogP contribution in [0, 0.1) is 11.8 Å². The number of aliphatic imine (C=N–C) groups is 1. The number of carbonyl (C=O) groups is 1. The predicted molar refractivity (Wildman–Crippen MR) is 105 cm³/mol. The minimum atomic E-state index is 0. The molecule has 6 nitrogen and oxygen atoms in total. The van der Waals surface area contributed by atoms with E-state index in [0.717, 1.165) is 45.1 Å². The van der Waals surface area contributed by atoms with E-state index in [-0.39, 0.29) is 36.4 Å². The molecule has 1 amide bonds. The number of hydrogen-bond acceptors (Lipinski definition) is 3. The lowest BCUT2D eigenvalue weighted by molar-refractivity contribution is -0.127. The summed E-state index contributed by atoms with van der Waals surface area (Å²) in [5, 5.41) is 3.38. The monoisotopic (exact) mass is 440 g/mol. The van der Waals surface area contributed by atoms with E-state index in [9.17, 15) is 4.79 Å². The van der Waals surface area contributed by atoms with Gasteiger partial charge in [0.05, 0.1) is 0 Å². The quantitative estimate of drug-likeness (QED) is 0.388. The van der Waals surface area contributed by atoms with Crippen LogP contribution < -0.4 is 5.32 Å². The topological polar surface area (TPSA) is 57.2 Å². The van der Waals surface area contributed by atoms with Gasteiger partial charge in [-0.15, -0.1) is 24.0 Å². The lowest BCUT2D eigenvalue weighted by Gasteiger charge is -2.29. The van der Waals surface area contributed by atoms with Crippen molar-refractivity contribution >= 4 is 35.8 Å². The molecule has 0 aliphatic carbocycles. The maximum atomic E-state index is 11.8. The van der Waals surface area contributed by atoms with Gasteiger partial charge >= 0.3 is 0 Å². The predicted octanol–water partition coefficient (Wildman–Crippen LogP) is 1.65. The molecule has 1 aliphatic heterocycles. The van der Waals surface area contributed by atoms with Crippen molar-refractivity contribution in [2.45, 2.75) is 26.7 Å². The first kappa shape index (κ1) is 22.4. The molecule has 7 heteroatoms. The molecule has 23 heavy (non-hydrogen) atoms. The van der Waals surface area contributed by atoms with Gasteiger partial charge in [-0.25, -0.2) is 4.99 Å². The summed E-state index contributed by atoms with van der Waals surface area (Å²) >= 11 is 0. The average molecular weight is 440 g/mol. The molecular formula is C16H33IN4O2. The van der Waals surface area contributed by atoms with Crippen molar-refractivity contribution in [1.29, 1.82) is 0 Å². The molecule has 0 saturated carbocycles. The summed E-state index contributed by atoms with van der Waals surface area (Å²) in [7, 11) is 5.55. The fourth-order valence-electron chi connectivity index (χ4n) is 2.29. The lowest BCUT2D eigenvalue weighted by atomic mass is 10.00. The Morgan fingerprint density at radius 2 is 1.87 bits per heavy atom. The smallest absolute Gasteiger partial charge is 0.243 e. The molecule has 0 aromatic rings. The van der Waals surface area contributed by atoms with Crippen molar-refractivity contribution in [3.63, 3.8) is 0 Å². The van der Waals surface area contributed by atoms with Gasteiger partial charge in [0, 0.05) is 47.4 Å². The largest absolute Gasteiger partial charge is 0.381 e. The van der Waals surface area contributed by atoms with Crippen molar-refractivity contribution < 1.29 is 9.53 Å². The van der Waals surface area contributed by atoms with Crippen LogP contribution in [0.5, 0.6) is 0 Å². The average Bonchev–Trinajstić information content (AvgIpc) is 2.47. The third kappa shape index (κ3) is 9.34. The van der Waals surface area contributed by atoms with Crippen LogP contribution in [0.15, 0.2) is 4.99 Å². The van der Waals surface area contributed by atoms with E-state index in [0.29, 0.717) is 11.8 Å².